The highest BCUT2D eigenvalue weighted by Gasteiger charge is 2.47. The van der Waals surface area contributed by atoms with Gasteiger partial charge in [-0.3, -0.25) is 9.59 Å². The van der Waals surface area contributed by atoms with Crippen LogP contribution >= 0.6 is 0 Å². The molecule has 3 heterocycles. The number of methoxy groups -OCH3 is 1. The molecule has 9 heteroatoms. The fourth-order valence-corrected chi connectivity index (χ4v) is 4.06. The zero-order chi connectivity index (χ0) is 23.3. The van der Waals surface area contributed by atoms with Crippen molar-refractivity contribution in [1.29, 1.82) is 0 Å². The van der Waals surface area contributed by atoms with Crippen LogP contribution in [0.4, 0.5) is 10.6 Å². The van der Waals surface area contributed by atoms with Gasteiger partial charge in [-0.2, -0.15) is 0 Å². The van der Waals surface area contributed by atoms with E-state index in [9.17, 15) is 14.4 Å². The number of esters is 1. The van der Waals surface area contributed by atoms with E-state index < -0.39 is 17.9 Å². The van der Waals surface area contributed by atoms with Crippen molar-refractivity contribution in [1.82, 2.24) is 15.2 Å². The van der Waals surface area contributed by atoms with E-state index in [2.05, 4.69) is 21.4 Å². The number of fused-ring (bicyclic) bond motifs is 1. The maximum Gasteiger partial charge on any atom is 0.409 e. The first-order valence-corrected chi connectivity index (χ1v) is 11.3. The van der Waals surface area contributed by atoms with Crippen molar-refractivity contribution in [3.8, 4) is 0 Å². The van der Waals surface area contributed by atoms with Crippen LogP contribution in [0.25, 0.3) is 0 Å². The molecule has 0 saturated carbocycles. The van der Waals surface area contributed by atoms with Crippen LogP contribution in [-0.2, 0) is 31.9 Å². The summed E-state index contributed by atoms with van der Waals surface area (Å²) in [5.41, 5.74) is 1.51. The molecule has 2 N–H and O–H groups in total. The van der Waals surface area contributed by atoms with Crippen LogP contribution in [0.15, 0.2) is 12.1 Å². The molecule has 0 aromatic carbocycles. The Morgan fingerprint density at radius 1 is 1.31 bits per heavy atom. The number of alkyl carbamates (subject to hydrolysis) is 1. The number of rotatable bonds is 8. The van der Waals surface area contributed by atoms with Gasteiger partial charge in [0, 0.05) is 25.2 Å². The van der Waals surface area contributed by atoms with Gasteiger partial charge in [-0.1, -0.05) is 6.07 Å². The first-order chi connectivity index (χ1) is 15.2. The molecule has 2 aliphatic heterocycles. The summed E-state index contributed by atoms with van der Waals surface area (Å²) in [6.45, 7) is 6.67. The zero-order valence-electron chi connectivity index (χ0n) is 19.4. The zero-order valence-corrected chi connectivity index (χ0v) is 19.4. The summed E-state index contributed by atoms with van der Waals surface area (Å²) in [6, 6.07) is 4.11. The lowest BCUT2D eigenvalue weighted by atomic mass is 9.87. The summed E-state index contributed by atoms with van der Waals surface area (Å²) in [4.78, 5) is 42.9. The summed E-state index contributed by atoms with van der Waals surface area (Å²) < 4.78 is 10.0. The molecule has 0 unspecified atom stereocenters. The van der Waals surface area contributed by atoms with Crippen molar-refractivity contribution < 1.29 is 23.9 Å². The Morgan fingerprint density at radius 3 is 2.81 bits per heavy atom. The highest BCUT2D eigenvalue weighted by atomic mass is 16.6. The number of nitrogens with one attached hydrogen (secondary N) is 2. The van der Waals surface area contributed by atoms with Gasteiger partial charge in [0.15, 0.2) is 0 Å². The summed E-state index contributed by atoms with van der Waals surface area (Å²) in [5.74, 6) is 0.221. The third kappa shape index (κ3) is 6.11. The van der Waals surface area contributed by atoms with Crippen LogP contribution in [0.3, 0.4) is 0 Å². The van der Waals surface area contributed by atoms with Crippen LogP contribution in [0.2, 0.25) is 0 Å². The van der Waals surface area contributed by atoms with Crippen LogP contribution in [0.5, 0.6) is 0 Å². The van der Waals surface area contributed by atoms with Gasteiger partial charge in [-0.15, -0.1) is 0 Å². The van der Waals surface area contributed by atoms with Gasteiger partial charge in [0.05, 0.1) is 13.0 Å². The van der Waals surface area contributed by atoms with Crippen LogP contribution in [0.1, 0.15) is 57.7 Å². The van der Waals surface area contributed by atoms with E-state index in [-0.39, 0.29) is 24.2 Å². The largest absolute Gasteiger partial charge is 0.469 e. The molecule has 0 aliphatic carbocycles. The van der Waals surface area contributed by atoms with E-state index in [1.165, 1.54) is 12.7 Å². The van der Waals surface area contributed by atoms with Crippen molar-refractivity contribution in [2.75, 3.05) is 25.5 Å². The molecule has 1 aromatic rings. The molecule has 9 nitrogen and oxygen atoms in total. The average molecular weight is 447 g/mol. The second-order valence-electron chi connectivity index (χ2n) is 9.29. The predicted octanol–water partition coefficient (Wildman–Crippen LogP) is 2.63. The second-order valence-corrected chi connectivity index (χ2v) is 9.29. The first-order valence-electron chi connectivity index (χ1n) is 11.3. The number of carbonyl (C=O) groups excluding carboxylic acids is 3. The number of carbonyl (C=O) groups is 3. The monoisotopic (exact) mass is 446 g/mol. The van der Waals surface area contributed by atoms with E-state index >= 15 is 0 Å². The molecule has 176 valence electrons. The number of likely N-dealkylation sites (tertiary alicyclic amines) is 1. The number of ether oxygens (including phenoxy) is 2. The van der Waals surface area contributed by atoms with Crippen LogP contribution < -0.4 is 10.6 Å². The van der Waals surface area contributed by atoms with Crippen molar-refractivity contribution in [2.24, 2.45) is 5.92 Å². The number of anilines is 1. The van der Waals surface area contributed by atoms with Crippen molar-refractivity contribution in [3.63, 3.8) is 0 Å². The van der Waals surface area contributed by atoms with Gasteiger partial charge in [0.2, 0.25) is 5.91 Å². The standard InChI is InChI=1S/C23H34N4O5/c1-23(2,3)32-22(30)26-20-17(21(29)27(20)14-6-8-18(28)31-4)12-11-16-10-9-15-7-5-13-24-19(15)25-16/h9-10,17,20H,5-8,11-14H2,1-4H3,(H,24,25)(H,26,30)/t17-,20-/m0/s1. The van der Waals surface area contributed by atoms with Gasteiger partial charge >= 0.3 is 12.1 Å². The number of amides is 2. The quantitative estimate of drug-likeness (QED) is 0.467. The lowest BCUT2D eigenvalue weighted by molar-refractivity contribution is -0.159. The topological polar surface area (TPSA) is 110 Å². The molecule has 1 fully saturated rings. The Hall–Kier alpha value is -2.84. The first kappa shape index (κ1) is 23.8. The SMILES string of the molecule is COC(=O)CCCN1C(=O)[C@@H](CCc2ccc3c(n2)NCCC3)[C@H]1NC(=O)OC(C)(C)C. The predicted molar refractivity (Wildman–Crippen MR) is 119 cm³/mol. The number of nitrogens with zero attached hydrogens (tertiary/aromatic N) is 2. The van der Waals surface area contributed by atoms with Gasteiger partial charge < -0.3 is 25.0 Å². The molecule has 0 spiro atoms. The molecule has 2 atom stereocenters. The summed E-state index contributed by atoms with van der Waals surface area (Å²) in [6.07, 6.45) is 2.99. The van der Waals surface area contributed by atoms with Crippen molar-refractivity contribution >= 4 is 23.8 Å². The van der Waals surface area contributed by atoms with Crippen molar-refractivity contribution in [2.45, 2.75) is 71.1 Å². The molecule has 1 aromatic heterocycles. The number of aromatic nitrogens is 1. The van der Waals surface area contributed by atoms with Gasteiger partial charge in [0.1, 0.15) is 17.6 Å². The molecule has 3 rings (SSSR count). The third-order valence-electron chi connectivity index (χ3n) is 5.65. The maximum atomic E-state index is 12.8. The molecule has 0 radical (unpaired) electrons. The molecule has 32 heavy (non-hydrogen) atoms. The van der Waals surface area contributed by atoms with E-state index in [1.54, 1.807) is 25.7 Å². The minimum Gasteiger partial charge on any atom is -0.469 e. The third-order valence-corrected chi connectivity index (χ3v) is 5.65. The summed E-state index contributed by atoms with van der Waals surface area (Å²) in [5, 5.41) is 6.17. The molecular formula is C23H34N4O5. The Kier molecular flexibility index (Phi) is 7.58. The van der Waals surface area contributed by atoms with Crippen molar-refractivity contribution in [3.05, 3.63) is 23.4 Å². The minimum atomic E-state index is -0.636. The fourth-order valence-electron chi connectivity index (χ4n) is 4.06. The van der Waals surface area contributed by atoms with Gasteiger partial charge in [0.25, 0.3) is 0 Å². The smallest absolute Gasteiger partial charge is 0.409 e. The fraction of sp³-hybridized carbons (Fsp3) is 0.652. The lowest BCUT2D eigenvalue weighted by Gasteiger charge is -2.47. The molecule has 2 amide bonds. The van der Waals surface area contributed by atoms with Crippen LogP contribution in [0, 0.1) is 5.92 Å². The van der Waals surface area contributed by atoms with E-state index in [4.69, 9.17) is 9.72 Å². The molecule has 2 aliphatic rings. The van der Waals surface area contributed by atoms with Gasteiger partial charge in [-0.25, -0.2) is 9.78 Å². The van der Waals surface area contributed by atoms with E-state index in [0.717, 1.165) is 30.9 Å². The Morgan fingerprint density at radius 2 is 2.09 bits per heavy atom. The number of hydrogen-bond donors (Lipinski definition) is 2. The molecular weight excluding hydrogens is 412 g/mol. The molecule has 1 saturated heterocycles. The van der Waals surface area contributed by atoms with E-state index in [1.807, 2.05) is 6.07 Å². The van der Waals surface area contributed by atoms with Gasteiger partial charge in [-0.05, 0) is 64.5 Å². The number of hydrogen-bond acceptors (Lipinski definition) is 7. The Balaban J connectivity index is 1.62. The Bertz CT molecular complexity index is 851. The number of β-lactam (4-membered cyclic amide) rings is 1. The second kappa shape index (κ2) is 10.2. The average Bonchev–Trinajstić information content (AvgIpc) is 2.74. The lowest BCUT2D eigenvalue weighted by Crippen LogP contribution is -2.68. The summed E-state index contributed by atoms with van der Waals surface area (Å²) >= 11 is 0. The van der Waals surface area contributed by atoms with E-state index in [0.29, 0.717) is 25.8 Å². The molecule has 0 bridgehead atoms. The summed E-state index contributed by atoms with van der Waals surface area (Å²) in [7, 11) is 1.34. The normalized spacial score (nSPS) is 20.0. The van der Waals surface area contributed by atoms with Crippen LogP contribution in [-0.4, -0.2) is 59.8 Å². The number of aryl methyl sites for hydroxylation is 2. The highest BCUT2D eigenvalue weighted by molar-refractivity contribution is 5.87. The number of pyridine rings is 1. The Labute approximate surface area is 189 Å². The maximum absolute atomic E-state index is 12.8. The minimum absolute atomic E-state index is 0.0352. The highest BCUT2D eigenvalue weighted by Crippen LogP contribution is 2.30.